The van der Waals surface area contributed by atoms with Crippen molar-refractivity contribution >= 4 is 16.6 Å². The van der Waals surface area contributed by atoms with E-state index in [1.165, 1.54) is 16.4 Å². The number of hydrogen-bond acceptors (Lipinski definition) is 5. The van der Waals surface area contributed by atoms with Crippen molar-refractivity contribution in [2.24, 2.45) is 11.7 Å². The van der Waals surface area contributed by atoms with Gasteiger partial charge in [-0.3, -0.25) is 14.3 Å². The van der Waals surface area contributed by atoms with Crippen molar-refractivity contribution in [3.8, 4) is 5.75 Å². The number of phenols is 1. The van der Waals surface area contributed by atoms with Gasteiger partial charge in [0.25, 0.3) is 5.56 Å². The van der Waals surface area contributed by atoms with Gasteiger partial charge in [0.05, 0.1) is 11.2 Å². The van der Waals surface area contributed by atoms with Gasteiger partial charge in [0.15, 0.2) is 11.6 Å². The molecule has 2 fully saturated rings. The van der Waals surface area contributed by atoms with Gasteiger partial charge in [-0.25, -0.2) is 9.18 Å². The highest BCUT2D eigenvalue weighted by Gasteiger charge is 2.51. The van der Waals surface area contributed by atoms with E-state index in [0.29, 0.717) is 12.8 Å². The maximum atomic E-state index is 15.3. The third-order valence-corrected chi connectivity index (χ3v) is 6.47. The van der Waals surface area contributed by atoms with Gasteiger partial charge in [0.1, 0.15) is 11.0 Å². The molecule has 0 spiro atoms. The van der Waals surface area contributed by atoms with Crippen molar-refractivity contribution in [2.75, 3.05) is 18.0 Å². The van der Waals surface area contributed by atoms with Crippen LogP contribution in [0.2, 0.25) is 0 Å². The number of aryl methyl sites for hydroxylation is 1. The first-order valence-electron chi connectivity index (χ1n) is 10.7. The van der Waals surface area contributed by atoms with Crippen LogP contribution in [0.3, 0.4) is 0 Å². The number of nitrogens with two attached hydrogens (primary N) is 1. The van der Waals surface area contributed by atoms with E-state index in [-0.39, 0.29) is 48.4 Å². The molecular weight excluding hydrogens is 489 g/mol. The average molecular weight is 510 g/mol. The fourth-order valence-electron chi connectivity index (χ4n) is 4.68. The minimum absolute atomic E-state index is 0.0130. The molecule has 2 aromatic rings. The normalized spacial score (nSPS) is 19.9. The fourth-order valence-corrected chi connectivity index (χ4v) is 4.68. The van der Waals surface area contributed by atoms with Crippen LogP contribution in [-0.2, 0) is 0 Å². The Morgan fingerprint density at radius 2 is 1.74 bits per heavy atom. The van der Waals surface area contributed by atoms with Crippen molar-refractivity contribution < 1.29 is 35.8 Å². The maximum absolute atomic E-state index is 15.3. The lowest BCUT2D eigenvalue weighted by Crippen LogP contribution is -2.35. The molecule has 2 aliphatic rings. The summed E-state index contributed by atoms with van der Waals surface area (Å²) in [4.78, 5) is 28.2. The van der Waals surface area contributed by atoms with Crippen molar-refractivity contribution in [1.29, 1.82) is 0 Å². The number of phenolic OH excluding ortho intramolecular Hbond substituents is 1. The van der Waals surface area contributed by atoms with Gasteiger partial charge in [-0.15, -0.1) is 0 Å². The Bertz CT molecular complexity index is 1310. The number of nitrogens with zero attached hydrogens (tertiary/aromatic N) is 2. The number of benzene rings is 1. The minimum atomic E-state index is -5.65. The van der Waals surface area contributed by atoms with Crippen LogP contribution in [0, 0.1) is 18.7 Å². The number of aromatic hydroxyl groups is 1. The smallest absolute Gasteiger partial charge is 0.421 e. The SMILES string of the molecule is Cc1c(N2CCC(C(N)C=C(C(F)(F)F)C(F)(F)F)C2)c(F)c(O)c2c(=O)[nH]c(=O)n(C3CC3)c12. The van der Waals surface area contributed by atoms with Crippen molar-refractivity contribution in [3.05, 3.63) is 43.9 Å². The summed E-state index contributed by atoms with van der Waals surface area (Å²) < 4.78 is 93.8. The van der Waals surface area contributed by atoms with Crippen LogP contribution in [0.15, 0.2) is 21.2 Å². The number of nitrogens with one attached hydrogen (secondary N) is 1. The van der Waals surface area contributed by atoms with Gasteiger partial charge in [-0.05, 0) is 32.1 Å². The second kappa shape index (κ2) is 8.28. The lowest BCUT2D eigenvalue weighted by molar-refractivity contribution is -0.172. The van der Waals surface area contributed by atoms with Crippen molar-refractivity contribution in [3.63, 3.8) is 0 Å². The van der Waals surface area contributed by atoms with Gasteiger partial charge < -0.3 is 15.7 Å². The van der Waals surface area contributed by atoms with Crippen molar-refractivity contribution in [1.82, 2.24) is 9.55 Å². The lowest BCUT2D eigenvalue weighted by atomic mass is 9.97. The molecule has 1 aromatic carbocycles. The van der Waals surface area contributed by atoms with Gasteiger partial charge in [0, 0.05) is 30.7 Å². The number of fused-ring (bicyclic) bond motifs is 1. The molecule has 35 heavy (non-hydrogen) atoms. The van der Waals surface area contributed by atoms with E-state index in [1.54, 1.807) is 0 Å². The topological polar surface area (TPSA) is 104 Å². The van der Waals surface area contributed by atoms with E-state index < -0.39 is 58.1 Å². The van der Waals surface area contributed by atoms with Gasteiger partial charge in [0.2, 0.25) is 0 Å². The van der Waals surface area contributed by atoms with Crippen molar-refractivity contribution in [2.45, 2.75) is 50.6 Å². The van der Waals surface area contributed by atoms with E-state index in [0.717, 1.165) is 0 Å². The Labute approximate surface area is 192 Å². The number of rotatable bonds is 4. The summed E-state index contributed by atoms with van der Waals surface area (Å²) in [6, 6.07) is -1.89. The highest BCUT2D eigenvalue weighted by Crippen LogP contribution is 2.43. The first-order chi connectivity index (χ1) is 16.1. The minimum Gasteiger partial charge on any atom is -0.504 e. The monoisotopic (exact) mass is 510 g/mol. The zero-order valence-electron chi connectivity index (χ0n) is 18.2. The van der Waals surface area contributed by atoms with Crippen LogP contribution in [0.4, 0.5) is 36.4 Å². The van der Waals surface area contributed by atoms with Gasteiger partial charge >= 0.3 is 18.0 Å². The zero-order chi connectivity index (χ0) is 26.0. The number of alkyl halides is 6. The number of halogens is 7. The third-order valence-electron chi connectivity index (χ3n) is 6.47. The van der Waals surface area contributed by atoms with Gasteiger partial charge in [-0.2, -0.15) is 26.3 Å². The number of aromatic nitrogens is 2. The summed E-state index contributed by atoms with van der Waals surface area (Å²) in [5, 5.41) is 10.1. The number of allylic oxidation sites excluding steroid dienone is 1. The van der Waals surface area contributed by atoms with Crippen LogP contribution in [0.25, 0.3) is 10.9 Å². The molecule has 192 valence electrons. The second-order valence-electron chi connectivity index (χ2n) is 8.87. The largest absolute Gasteiger partial charge is 0.504 e. The van der Waals surface area contributed by atoms with Crippen LogP contribution < -0.4 is 21.9 Å². The molecule has 4 rings (SSSR count). The molecule has 1 saturated heterocycles. The number of aromatic amines is 1. The van der Waals surface area contributed by atoms with E-state index in [4.69, 9.17) is 5.73 Å². The number of anilines is 1. The molecule has 1 aliphatic heterocycles. The predicted octanol–water partition coefficient (Wildman–Crippen LogP) is 3.38. The van der Waals surface area contributed by atoms with E-state index in [1.807, 2.05) is 0 Å². The van der Waals surface area contributed by atoms with Crippen LogP contribution in [-0.4, -0.2) is 46.1 Å². The summed E-state index contributed by atoms with van der Waals surface area (Å²) in [6.45, 7) is 1.23. The van der Waals surface area contributed by atoms with E-state index in [2.05, 4.69) is 4.98 Å². The molecule has 2 atom stereocenters. The first-order valence-corrected chi connectivity index (χ1v) is 10.7. The second-order valence-corrected chi connectivity index (χ2v) is 8.87. The summed E-state index contributed by atoms with van der Waals surface area (Å²) in [6.07, 6.45) is -10.1. The van der Waals surface area contributed by atoms with E-state index >= 15 is 4.39 Å². The maximum Gasteiger partial charge on any atom is 0.421 e. The molecule has 14 heteroatoms. The van der Waals surface area contributed by atoms with Crippen LogP contribution in [0.1, 0.15) is 30.9 Å². The molecule has 0 amide bonds. The third kappa shape index (κ3) is 4.39. The Kier molecular flexibility index (Phi) is 5.93. The van der Waals surface area contributed by atoms with E-state index in [9.17, 15) is 41.0 Å². The summed E-state index contributed by atoms with van der Waals surface area (Å²) in [5.41, 5.74) is 1.23. The first kappa shape index (κ1) is 25.1. The standard InChI is InChI=1S/C21H21F7N4O3/c1-8-15-13(18(34)30-19(35)32(15)10-2-3-10)17(33)14(22)16(8)31-5-4-9(7-31)11(29)6-12(20(23,24)25)21(26,27)28/h6,9-11,33H,2-5,7,29H2,1H3,(H,30,34,35). The lowest BCUT2D eigenvalue weighted by Gasteiger charge is -2.25. The quantitative estimate of drug-likeness (QED) is 0.432. The Hall–Kier alpha value is -3.03. The molecule has 1 aliphatic carbocycles. The molecule has 2 unspecified atom stereocenters. The molecule has 0 radical (unpaired) electrons. The number of H-pyrrole nitrogens is 1. The molecule has 1 aromatic heterocycles. The summed E-state index contributed by atoms with van der Waals surface area (Å²) in [5.74, 6) is -3.08. The molecular formula is C21H21F7N4O3. The zero-order valence-corrected chi connectivity index (χ0v) is 18.2. The summed E-state index contributed by atoms with van der Waals surface area (Å²) in [7, 11) is 0. The molecule has 2 heterocycles. The predicted molar refractivity (Wildman–Crippen MR) is 112 cm³/mol. The van der Waals surface area contributed by atoms with Crippen LogP contribution in [0.5, 0.6) is 5.75 Å². The Morgan fingerprint density at radius 1 is 1.14 bits per heavy atom. The average Bonchev–Trinajstić information content (AvgIpc) is 3.44. The summed E-state index contributed by atoms with van der Waals surface area (Å²) >= 11 is 0. The Balaban J connectivity index is 1.75. The number of hydrogen-bond donors (Lipinski definition) is 3. The molecule has 1 saturated carbocycles. The van der Waals surface area contributed by atoms with Gasteiger partial charge in [-0.1, -0.05) is 6.08 Å². The fraction of sp³-hybridized carbons (Fsp3) is 0.524. The Morgan fingerprint density at radius 3 is 2.29 bits per heavy atom. The van der Waals surface area contributed by atoms with Crippen LogP contribution >= 0.6 is 0 Å². The highest BCUT2D eigenvalue weighted by molar-refractivity contribution is 5.92. The molecule has 7 nitrogen and oxygen atoms in total. The molecule has 0 bridgehead atoms. The molecule has 4 N–H and O–H groups in total. The highest BCUT2D eigenvalue weighted by atomic mass is 19.4.